The summed E-state index contributed by atoms with van der Waals surface area (Å²) in [5, 5.41) is 0. The molecule has 0 N–H and O–H groups in total. The molecule has 16 heavy (non-hydrogen) atoms. The Morgan fingerprint density at radius 2 is 1.94 bits per heavy atom. The second-order valence-electron chi connectivity index (χ2n) is 5.46. The Kier molecular flexibility index (Phi) is 4.93. The van der Waals surface area contributed by atoms with Gasteiger partial charge >= 0.3 is 0 Å². The fourth-order valence-electron chi connectivity index (χ4n) is 2.10. The lowest BCUT2D eigenvalue weighted by Gasteiger charge is -2.33. The van der Waals surface area contributed by atoms with Gasteiger partial charge in [0, 0.05) is 32.5 Å². The van der Waals surface area contributed by atoms with Gasteiger partial charge in [-0.3, -0.25) is 4.79 Å². The van der Waals surface area contributed by atoms with E-state index in [0.29, 0.717) is 11.8 Å². The lowest BCUT2D eigenvalue weighted by molar-refractivity contribution is -0.121. The Hall–Kier alpha value is -0.410. The summed E-state index contributed by atoms with van der Waals surface area (Å²) in [7, 11) is 3.92. The molecule has 3 nitrogen and oxygen atoms in total. The van der Waals surface area contributed by atoms with Gasteiger partial charge in [-0.15, -0.1) is 0 Å². The van der Waals surface area contributed by atoms with E-state index in [0.717, 1.165) is 38.6 Å². The average molecular weight is 227 g/mol. The summed E-state index contributed by atoms with van der Waals surface area (Å²) < 4.78 is 5.41. The predicted molar refractivity (Wildman–Crippen MR) is 65.6 cm³/mol. The van der Waals surface area contributed by atoms with Crippen molar-refractivity contribution in [3.63, 3.8) is 0 Å². The summed E-state index contributed by atoms with van der Waals surface area (Å²) in [6.45, 7) is 5.27. The zero-order valence-electron chi connectivity index (χ0n) is 11.1. The molecule has 0 aromatic rings. The van der Waals surface area contributed by atoms with E-state index in [1.54, 1.807) is 7.11 Å². The Bertz CT molecular complexity index is 228. The summed E-state index contributed by atoms with van der Waals surface area (Å²) in [5.41, 5.74) is -0.0429. The number of carbonyl (C=O) groups excluding carboxylic acids is 1. The van der Waals surface area contributed by atoms with Crippen LogP contribution in [0, 0.1) is 0 Å². The van der Waals surface area contributed by atoms with Gasteiger partial charge < -0.3 is 9.64 Å². The first kappa shape index (κ1) is 13.7. The smallest absolute Gasteiger partial charge is 0.133 e. The first-order valence-corrected chi connectivity index (χ1v) is 6.22. The van der Waals surface area contributed by atoms with E-state index in [2.05, 4.69) is 25.8 Å². The summed E-state index contributed by atoms with van der Waals surface area (Å²) in [6.07, 6.45) is 4.63. The van der Waals surface area contributed by atoms with Crippen LogP contribution < -0.4 is 0 Å². The van der Waals surface area contributed by atoms with Crippen LogP contribution in [0.5, 0.6) is 0 Å². The molecule has 0 heterocycles. The maximum atomic E-state index is 11.2. The highest BCUT2D eigenvalue weighted by Gasteiger charge is 2.24. The van der Waals surface area contributed by atoms with E-state index in [1.165, 1.54) is 0 Å². The molecule has 1 aliphatic rings. The van der Waals surface area contributed by atoms with Gasteiger partial charge in [-0.05, 0) is 40.2 Å². The number of Topliss-reactive ketones (excluding diaryl/α,β-unsaturated/α-hetero) is 1. The molecule has 0 radical (unpaired) electrons. The van der Waals surface area contributed by atoms with Crippen molar-refractivity contribution in [2.75, 3.05) is 20.7 Å². The van der Waals surface area contributed by atoms with Crippen LogP contribution in [0.4, 0.5) is 0 Å². The quantitative estimate of drug-likeness (QED) is 0.721. The fourth-order valence-corrected chi connectivity index (χ4v) is 2.10. The molecule has 0 bridgehead atoms. The van der Waals surface area contributed by atoms with Gasteiger partial charge in [-0.25, -0.2) is 0 Å². The fraction of sp³-hybridized carbons (Fsp3) is 0.923. The van der Waals surface area contributed by atoms with E-state index in [9.17, 15) is 4.79 Å². The van der Waals surface area contributed by atoms with Crippen molar-refractivity contribution in [1.82, 2.24) is 4.90 Å². The molecule has 1 aliphatic carbocycles. The summed E-state index contributed by atoms with van der Waals surface area (Å²) in [5.74, 6) is 0.432. The van der Waals surface area contributed by atoms with Crippen molar-refractivity contribution in [1.29, 1.82) is 0 Å². The van der Waals surface area contributed by atoms with Crippen LogP contribution in [-0.2, 0) is 9.53 Å². The standard InChI is InChI=1S/C13H25NO2/c1-13(2,16-4)9-10-14(3)11-5-7-12(15)8-6-11/h11H,5-10H2,1-4H3. The molecule has 0 amide bonds. The Labute approximate surface area is 99.1 Å². The number of ketones is 1. The van der Waals surface area contributed by atoms with Crippen LogP contribution in [0.1, 0.15) is 46.0 Å². The van der Waals surface area contributed by atoms with Gasteiger partial charge in [0.15, 0.2) is 0 Å². The third-order valence-electron chi connectivity index (χ3n) is 3.76. The molecule has 94 valence electrons. The van der Waals surface area contributed by atoms with E-state index in [-0.39, 0.29) is 5.60 Å². The van der Waals surface area contributed by atoms with E-state index < -0.39 is 0 Å². The number of methoxy groups -OCH3 is 1. The van der Waals surface area contributed by atoms with Crippen molar-refractivity contribution < 1.29 is 9.53 Å². The lowest BCUT2D eigenvalue weighted by atomic mass is 9.93. The van der Waals surface area contributed by atoms with Crippen LogP contribution in [-0.4, -0.2) is 43.0 Å². The van der Waals surface area contributed by atoms with Gasteiger partial charge in [-0.1, -0.05) is 0 Å². The molecule has 1 saturated carbocycles. The van der Waals surface area contributed by atoms with Crippen molar-refractivity contribution >= 4 is 5.78 Å². The molecular weight excluding hydrogens is 202 g/mol. The first-order valence-electron chi connectivity index (χ1n) is 6.22. The highest BCUT2D eigenvalue weighted by atomic mass is 16.5. The normalized spacial score (nSPS) is 19.4. The second kappa shape index (κ2) is 5.78. The van der Waals surface area contributed by atoms with Gasteiger partial charge in [-0.2, -0.15) is 0 Å². The molecule has 3 heteroatoms. The topological polar surface area (TPSA) is 29.5 Å². The minimum Gasteiger partial charge on any atom is -0.379 e. The number of rotatable bonds is 5. The highest BCUT2D eigenvalue weighted by Crippen LogP contribution is 2.21. The van der Waals surface area contributed by atoms with Crippen molar-refractivity contribution in [2.24, 2.45) is 0 Å². The highest BCUT2D eigenvalue weighted by molar-refractivity contribution is 5.79. The molecule has 0 unspecified atom stereocenters. The van der Waals surface area contributed by atoms with Crippen LogP contribution in [0.2, 0.25) is 0 Å². The molecule has 0 saturated heterocycles. The zero-order chi connectivity index (χ0) is 12.2. The third-order valence-corrected chi connectivity index (χ3v) is 3.76. The first-order chi connectivity index (χ1) is 7.44. The SMILES string of the molecule is COC(C)(C)CCN(C)C1CCC(=O)CC1. The van der Waals surface area contributed by atoms with Crippen molar-refractivity contribution in [3.05, 3.63) is 0 Å². The number of nitrogens with zero attached hydrogens (tertiary/aromatic N) is 1. The Balaban J connectivity index is 2.29. The molecule has 0 aromatic carbocycles. The molecule has 0 aromatic heterocycles. The zero-order valence-corrected chi connectivity index (χ0v) is 11.1. The van der Waals surface area contributed by atoms with Crippen LogP contribution in [0.25, 0.3) is 0 Å². The van der Waals surface area contributed by atoms with Gasteiger partial charge in [0.25, 0.3) is 0 Å². The lowest BCUT2D eigenvalue weighted by Crippen LogP contribution is -2.38. The molecule has 1 rings (SSSR count). The number of carbonyl (C=O) groups is 1. The summed E-state index contributed by atoms with van der Waals surface area (Å²) in [6, 6.07) is 0.588. The maximum Gasteiger partial charge on any atom is 0.133 e. The largest absolute Gasteiger partial charge is 0.379 e. The van der Waals surface area contributed by atoms with Gasteiger partial charge in [0.1, 0.15) is 5.78 Å². The van der Waals surface area contributed by atoms with Crippen LogP contribution in [0.15, 0.2) is 0 Å². The van der Waals surface area contributed by atoms with Crippen LogP contribution >= 0.6 is 0 Å². The summed E-state index contributed by atoms with van der Waals surface area (Å²) in [4.78, 5) is 13.5. The predicted octanol–water partition coefficient (Wildman–Crippen LogP) is 2.25. The molecule has 0 atom stereocenters. The van der Waals surface area contributed by atoms with E-state index >= 15 is 0 Å². The van der Waals surface area contributed by atoms with Crippen LogP contribution in [0.3, 0.4) is 0 Å². The van der Waals surface area contributed by atoms with Gasteiger partial charge in [0.05, 0.1) is 5.60 Å². The number of hydrogen-bond acceptors (Lipinski definition) is 3. The molecule has 0 aliphatic heterocycles. The average Bonchev–Trinajstić information content (AvgIpc) is 2.27. The van der Waals surface area contributed by atoms with Gasteiger partial charge in [0.2, 0.25) is 0 Å². The van der Waals surface area contributed by atoms with Crippen molar-refractivity contribution in [3.8, 4) is 0 Å². The maximum absolute atomic E-state index is 11.2. The number of hydrogen-bond donors (Lipinski definition) is 0. The minimum atomic E-state index is -0.0429. The summed E-state index contributed by atoms with van der Waals surface area (Å²) >= 11 is 0. The Morgan fingerprint density at radius 3 is 2.44 bits per heavy atom. The Morgan fingerprint density at radius 1 is 1.38 bits per heavy atom. The van der Waals surface area contributed by atoms with E-state index in [1.807, 2.05) is 0 Å². The monoisotopic (exact) mass is 227 g/mol. The minimum absolute atomic E-state index is 0.0429. The third kappa shape index (κ3) is 4.22. The van der Waals surface area contributed by atoms with Crippen molar-refractivity contribution in [2.45, 2.75) is 57.6 Å². The molecule has 1 fully saturated rings. The number of ether oxygens (including phenoxy) is 1. The molecule has 0 spiro atoms. The molecular formula is C13H25NO2. The second-order valence-corrected chi connectivity index (χ2v) is 5.46. The van der Waals surface area contributed by atoms with E-state index in [4.69, 9.17) is 4.74 Å².